The molecule has 2 saturated heterocycles. The van der Waals surface area contributed by atoms with E-state index in [9.17, 15) is 18.4 Å². The van der Waals surface area contributed by atoms with Crippen LogP contribution >= 0.6 is 0 Å². The summed E-state index contributed by atoms with van der Waals surface area (Å²) < 4.78 is 35.0. The number of esters is 1. The maximum atomic E-state index is 14.5. The summed E-state index contributed by atoms with van der Waals surface area (Å²) in [5, 5.41) is 7.06. The number of hydrogen-bond acceptors (Lipinski definition) is 7. The van der Waals surface area contributed by atoms with E-state index in [-0.39, 0.29) is 31.3 Å². The fraction of sp³-hybridized carbons (Fsp3) is 0.391. The van der Waals surface area contributed by atoms with Gasteiger partial charge in [0.05, 0.1) is 25.3 Å². The maximum Gasteiger partial charge on any atom is 0.322 e. The first-order valence-corrected chi connectivity index (χ1v) is 11.4. The summed E-state index contributed by atoms with van der Waals surface area (Å²) in [6.07, 6.45) is 4.83. The van der Waals surface area contributed by atoms with E-state index in [1.54, 1.807) is 17.2 Å². The summed E-state index contributed by atoms with van der Waals surface area (Å²) in [5.74, 6) is -0.869. The number of nitrogens with two attached hydrogens (primary N) is 1. The molecule has 0 spiro atoms. The molecule has 184 valence electrons. The lowest BCUT2D eigenvalue weighted by atomic mass is 10.0. The molecule has 0 aliphatic carbocycles. The Morgan fingerprint density at radius 3 is 2.89 bits per heavy atom. The number of urea groups is 1. The fourth-order valence-electron chi connectivity index (χ4n) is 4.68. The van der Waals surface area contributed by atoms with Crippen molar-refractivity contribution in [1.29, 1.82) is 0 Å². The molecule has 12 heteroatoms. The second kappa shape index (κ2) is 9.45. The minimum absolute atomic E-state index is 0.206. The van der Waals surface area contributed by atoms with Crippen molar-refractivity contribution in [3.05, 3.63) is 53.9 Å². The largest absolute Gasteiger partial charge is 0.459 e. The third-order valence-electron chi connectivity index (χ3n) is 6.36. The summed E-state index contributed by atoms with van der Waals surface area (Å²) in [6, 6.07) is 4.53. The molecule has 0 saturated carbocycles. The Hall–Kier alpha value is -3.80. The summed E-state index contributed by atoms with van der Waals surface area (Å²) in [5.41, 5.74) is 6.41. The zero-order valence-electron chi connectivity index (χ0n) is 18.9. The molecular formula is C23H25F2N7O3. The first-order chi connectivity index (χ1) is 16.9. The van der Waals surface area contributed by atoms with Gasteiger partial charge in [0.15, 0.2) is 5.65 Å². The van der Waals surface area contributed by atoms with Crippen LogP contribution in [0.3, 0.4) is 0 Å². The second-order valence-corrected chi connectivity index (χ2v) is 8.61. The number of hydrogen-bond donors (Lipinski definition) is 2. The predicted molar refractivity (Wildman–Crippen MR) is 123 cm³/mol. The van der Waals surface area contributed by atoms with Gasteiger partial charge < -0.3 is 25.6 Å². The quantitative estimate of drug-likeness (QED) is 0.533. The van der Waals surface area contributed by atoms with Gasteiger partial charge in [0.25, 0.3) is 0 Å². The molecule has 2 aromatic heterocycles. The number of fused-ring (bicyclic) bond motifs is 1. The Balaban J connectivity index is 1.34. The molecule has 2 fully saturated rings. The van der Waals surface area contributed by atoms with Crippen LogP contribution in [0.4, 0.5) is 25.1 Å². The number of halogens is 2. The van der Waals surface area contributed by atoms with Gasteiger partial charge in [0, 0.05) is 31.3 Å². The minimum Gasteiger partial charge on any atom is -0.459 e. The molecule has 3 aromatic rings. The van der Waals surface area contributed by atoms with Gasteiger partial charge in [-0.3, -0.25) is 4.79 Å². The van der Waals surface area contributed by atoms with Crippen LogP contribution in [-0.4, -0.2) is 63.8 Å². The molecule has 2 atom stereocenters. The van der Waals surface area contributed by atoms with Crippen LogP contribution in [0.2, 0.25) is 0 Å². The standard InChI is InChI=1S/C23H25F2N7O3/c24-14-3-4-17(25)16(10-14)19-2-1-7-31(19)20-6-9-32-22(29-20)18(12-27-32)28-23(34)30-8-5-15(13-30)35-21(33)11-26/h3-4,6,9-10,12,15,19H,1-2,5,7-8,11,13,26H2,(H,28,34)/t15-,19+/m0/s1. The summed E-state index contributed by atoms with van der Waals surface area (Å²) in [7, 11) is 0. The minimum atomic E-state index is -0.505. The van der Waals surface area contributed by atoms with E-state index >= 15 is 0 Å². The van der Waals surface area contributed by atoms with E-state index in [1.807, 2.05) is 4.90 Å². The third-order valence-corrected chi connectivity index (χ3v) is 6.36. The highest BCUT2D eigenvalue weighted by Crippen LogP contribution is 2.37. The normalized spacial score (nSPS) is 20.0. The average molecular weight is 485 g/mol. The van der Waals surface area contributed by atoms with E-state index in [0.29, 0.717) is 48.6 Å². The molecule has 4 heterocycles. The van der Waals surface area contributed by atoms with Gasteiger partial charge in [-0.2, -0.15) is 5.10 Å². The maximum absolute atomic E-state index is 14.5. The van der Waals surface area contributed by atoms with Crippen molar-refractivity contribution in [2.75, 3.05) is 36.4 Å². The molecule has 2 aliphatic heterocycles. The van der Waals surface area contributed by atoms with E-state index in [2.05, 4.69) is 15.4 Å². The molecule has 0 radical (unpaired) electrons. The van der Waals surface area contributed by atoms with Crippen LogP contribution in [0.15, 0.2) is 36.7 Å². The predicted octanol–water partition coefficient (Wildman–Crippen LogP) is 2.46. The lowest BCUT2D eigenvalue weighted by molar-refractivity contribution is -0.146. The number of aromatic nitrogens is 3. The van der Waals surface area contributed by atoms with E-state index < -0.39 is 17.6 Å². The van der Waals surface area contributed by atoms with Crippen LogP contribution in [0.5, 0.6) is 0 Å². The van der Waals surface area contributed by atoms with Crippen molar-refractivity contribution in [3.63, 3.8) is 0 Å². The number of nitrogens with zero attached hydrogens (tertiary/aromatic N) is 5. The Kier molecular flexibility index (Phi) is 6.20. The van der Waals surface area contributed by atoms with Crippen molar-refractivity contribution < 1.29 is 23.1 Å². The molecule has 2 aliphatic rings. The number of carbonyl (C=O) groups is 2. The Morgan fingerprint density at radius 2 is 2.06 bits per heavy atom. The highest BCUT2D eigenvalue weighted by molar-refractivity contribution is 5.93. The van der Waals surface area contributed by atoms with Crippen LogP contribution < -0.4 is 16.0 Å². The molecule has 10 nitrogen and oxygen atoms in total. The summed E-state index contributed by atoms with van der Waals surface area (Å²) in [4.78, 5) is 32.4. The lowest BCUT2D eigenvalue weighted by Gasteiger charge is -2.26. The first-order valence-electron chi connectivity index (χ1n) is 11.4. The molecule has 1 aromatic carbocycles. The second-order valence-electron chi connectivity index (χ2n) is 8.61. The molecular weight excluding hydrogens is 460 g/mol. The van der Waals surface area contributed by atoms with Gasteiger partial charge in [-0.05, 0) is 37.1 Å². The van der Waals surface area contributed by atoms with Gasteiger partial charge in [-0.15, -0.1) is 0 Å². The van der Waals surface area contributed by atoms with Crippen molar-refractivity contribution in [2.45, 2.75) is 31.4 Å². The number of rotatable bonds is 5. The number of amides is 2. The molecule has 0 bridgehead atoms. The zero-order valence-corrected chi connectivity index (χ0v) is 18.9. The van der Waals surface area contributed by atoms with Crippen LogP contribution in [0.25, 0.3) is 5.65 Å². The fourth-order valence-corrected chi connectivity index (χ4v) is 4.68. The Morgan fingerprint density at radius 1 is 1.20 bits per heavy atom. The Labute approximate surface area is 199 Å². The van der Waals surface area contributed by atoms with Crippen molar-refractivity contribution in [3.8, 4) is 0 Å². The van der Waals surface area contributed by atoms with E-state index in [4.69, 9.17) is 10.5 Å². The van der Waals surface area contributed by atoms with Crippen molar-refractivity contribution in [2.24, 2.45) is 5.73 Å². The number of nitrogens with one attached hydrogen (secondary N) is 1. The zero-order chi connectivity index (χ0) is 24.5. The number of carbonyl (C=O) groups excluding carboxylic acids is 2. The number of anilines is 2. The van der Waals surface area contributed by atoms with Gasteiger partial charge in [-0.1, -0.05) is 0 Å². The smallest absolute Gasteiger partial charge is 0.322 e. The summed E-state index contributed by atoms with van der Waals surface area (Å²) in [6.45, 7) is 1.13. The van der Waals surface area contributed by atoms with Crippen molar-refractivity contribution in [1.82, 2.24) is 19.5 Å². The van der Waals surface area contributed by atoms with Gasteiger partial charge in [0.1, 0.15) is 29.2 Å². The topological polar surface area (TPSA) is 118 Å². The van der Waals surface area contributed by atoms with Crippen LogP contribution in [0.1, 0.15) is 30.9 Å². The van der Waals surface area contributed by atoms with Crippen molar-refractivity contribution >= 4 is 29.2 Å². The Bertz CT molecular complexity index is 1270. The SMILES string of the molecule is NCC(=O)O[C@H]1CCN(C(=O)Nc2cnn3ccc(N4CCC[C@@H]4c4cc(F)ccc4F)nc23)C1. The van der Waals surface area contributed by atoms with Gasteiger partial charge in [0.2, 0.25) is 0 Å². The first kappa shape index (κ1) is 23.0. The highest BCUT2D eigenvalue weighted by atomic mass is 19.1. The lowest BCUT2D eigenvalue weighted by Crippen LogP contribution is -2.34. The third kappa shape index (κ3) is 4.61. The van der Waals surface area contributed by atoms with E-state index in [0.717, 1.165) is 18.6 Å². The molecule has 5 rings (SSSR count). The molecule has 0 unspecified atom stereocenters. The van der Waals surface area contributed by atoms with Gasteiger partial charge in [-0.25, -0.2) is 23.1 Å². The van der Waals surface area contributed by atoms with Crippen LogP contribution in [-0.2, 0) is 9.53 Å². The summed E-state index contributed by atoms with van der Waals surface area (Å²) >= 11 is 0. The van der Waals surface area contributed by atoms with Crippen LogP contribution in [0, 0.1) is 11.6 Å². The number of ether oxygens (including phenoxy) is 1. The monoisotopic (exact) mass is 485 g/mol. The number of likely N-dealkylation sites (tertiary alicyclic amines) is 1. The van der Waals surface area contributed by atoms with E-state index in [1.165, 1.54) is 16.8 Å². The highest BCUT2D eigenvalue weighted by Gasteiger charge is 2.31. The average Bonchev–Trinajstić information content (AvgIpc) is 3.60. The number of benzene rings is 1. The molecule has 2 amide bonds. The molecule has 35 heavy (non-hydrogen) atoms. The molecule has 3 N–H and O–H groups in total. The van der Waals surface area contributed by atoms with Gasteiger partial charge >= 0.3 is 12.0 Å².